The molecule has 3 rings (SSSR count). The van der Waals surface area contributed by atoms with E-state index in [0.29, 0.717) is 35.9 Å². The van der Waals surface area contributed by atoms with Crippen molar-refractivity contribution in [3.05, 3.63) is 54.1 Å². The van der Waals surface area contributed by atoms with Crippen LogP contribution in [0.4, 0.5) is 11.4 Å². The highest BCUT2D eigenvalue weighted by Crippen LogP contribution is 2.26. The Bertz CT molecular complexity index is 1050. The Morgan fingerprint density at radius 1 is 0.972 bits per heavy atom. The van der Waals surface area contributed by atoms with Crippen LogP contribution in [-0.2, 0) is 23.9 Å². The summed E-state index contributed by atoms with van der Waals surface area (Å²) in [5, 5.41) is 2.65. The SMILES string of the molecule is CCCCCOC(=O)c1ccc(N2C[C@@H](C(=O)OCC(=O)Nc3ccc(OCC)cc3)CC2=O)cc1. The maximum Gasteiger partial charge on any atom is 0.338 e. The van der Waals surface area contributed by atoms with Crippen molar-refractivity contribution in [1.29, 1.82) is 0 Å². The standard InChI is InChI=1S/C27H32N2O7/c1-3-5-6-15-35-26(32)19-7-11-22(12-8-19)29-17-20(16-25(29)31)27(33)36-18-24(30)28-21-9-13-23(14-10-21)34-4-2/h7-14,20H,3-6,15-18H2,1-2H3,(H,28,30)/t20-/m0/s1. The molecule has 0 radical (unpaired) electrons. The summed E-state index contributed by atoms with van der Waals surface area (Å²) in [6.45, 7) is 4.56. The number of hydrogen-bond donors (Lipinski definition) is 1. The Balaban J connectivity index is 1.46. The summed E-state index contributed by atoms with van der Waals surface area (Å²) in [5.74, 6) is -1.72. The molecule has 0 aliphatic carbocycles. The van der Waals surface area contributed by atoms with Gasteiger partial charge in [0.15, 0.2) is 6.61 Å². The molecule has 192 valence electrons. The lowest BCUT2D eigenvalue weighted by Crippen LogP contribution is -2.28. The largest absolute Gasteiger partial charge is 0.494 e. The lowest BCUT2D eigenvalue weighted by atomic mass is 10.1. The van der Waals surface area contributed by atoms with Gasteiger partial charge in [-0.3, -0.25) is 14.4 Å². The number of benzene rings is 2. The number of hydrogen-bond acceptors (Lipinski definition) is 7. The number of nitrogens with zero attached hydrogens (tertiary/aromatic N) is 1. The molecule has 2 aromatic carbocycles. The molecule has 2 amide bonds. The van der Waals surface area contributed by atoms with Crippen LogP contribution in [0.5, 0.6) is 5.75 Å². The van der Waals surface area contributed by atoms with E-state index < -0.39 is 30.4 Å². The van der Waals surface area contributed by atoms with Crippen molar-refractivity contribution in [2.45, 2.75) is 39.5 Å². The number of carbonyl (C=O) groups excluding carboxylic acids is 4. The van der Waals surface area contributed by atoms with Gasteiger partial charge in [0, 0.05) is 24.3 Å². The molecule has 1 aliphatic rings. The van der Waals surface area contributed by atoms with Crippen LogP contribution in [0.15, 0.2) is 48.5 Å². The van der Waals surface area contributed by atoms with E-state index in [1.54, 1.807) is 48.5 Å². The first kappa shape index (κ1) is 26.7. The van der Waals surface area contributed by atoms with E-state index in [-0.39, 0.29) is 18.9 Å². The molecule has 0 spiro atoms. The van der Waals surface area contributed by atoms with Gasteiger partial charge < -0.3 is 24.4 Å². The first-order valence-electron chi connectivity index (χ1n) is 12.2. The molecule has 9 nitrogen and oxygen atoms in total. The molecule has 1 fully saturated rings. The molecule has 1 N–H and O–H groups in total. The fourth-order valence-electron chi connectivity index (χ4n) is 3.75. The number of ether oxygens (including phenoxy) is 3. The van der Waals surface area contributed by atoms with Gasteiger partial charge in [-0.05, 0) is 61.9 Å². The van der Waals surface area contributed by atoms with Crippen LogP contribution in [0, 0.1) is 5.92 Å². The van der Waals surface area contributed by atoms with Gasteiger partial charge in [0.25, 0.3) is 5.91 Å². The van der Waals surface area contributed by atoms with Crippen LogP contribution in [0.1, 0.15) is 49.9 Å². The fraction of sp³-hybridized carbons (Fsp3) is 0.407. The Kier molecular flexibility index (Phi) is 9.85. The lowest BCUT2D eigenvalue weighted by Gasteiger charge is -2.17. The van der Waals surface area contributed by atoms with E-state index in [1.165, 1.54) is 4.90 Å². The lowest BCUT2D eigenvalue weighted by molar-refractivity contribution is -0.151. The second kappa shape index (κ2) is 13.3. The van der Waals surface area contributed by atoms with Crippen molar-refractivity contribution >= 4 is 35.1 Å². The Hall–Kier alpha value is -3.88. The van der Waals surface area contributed by atoms with Crippen molar-refractivity contribution in [3.63, 3.8) is 0 Å². The van der Waals surface area contributed by atoms with Gasteiger partial charge in [0.2, 0.25) is 5.91 Å². The number of carbonyl (C=O) groups is 4. The van der Waals surface area contributed by atoms with Gasteiger partial charge in [-0.15, -0.1) is 0 Å². The third-order valence-electron chi connectivity index (χ3n) is 5.65. The second-order valence-electron chi connectivity index (χ2n) is 8.41. The molecule has 0 bridgehead atoms. The maximum atomic E-state index is 12.5. The number of esters is 2. The topological polar surface area (TPSA) is 111 Å². The molecule has 1 atom stereocenters. The average Bonchev–Trinajstić information content (AvgIpc) is 3.28. The molecular formula is C27H32N2O7. The van der Waals surface area contributed by atoms with E-state index in [2.05, 4.69) is 12.2 Å². The quantitative estimate of drug-likeness (QED) is 0.350. The summed E-state index contributed by atoms with van der Waals surface area (Å²) in [6, 6.07) is 13.3. The maximum absolute atomic E-state index is 12.5. The molecule has 2 aromatic rings. The minimum atomic E-state index is -0.681. The summed E-state index contributed by atoms with van der Waals surface area (Å²) >= 11 is 0. The van der Waals surface area contributed by atoms with Gasteiger partial charge >= 0.3 is 11.9 Å². The number of rotatable bonds is 12. The van der Waals surface area contributed by atoms with E-state index in [9.17, 15) is 19.2 Å². The van der Waals surface area contributed by atoms with Crippen LogP contribution in [0.3, 0.4) is 0 Å². The van der Waals surface area contributed by atoms with Crippen molar-refractivity contribution in [1.82, 2.24) is 0 Å². The zero-order valence-electron chi connectivity index (χ0n) is 20.7. The molecule has 1 saturated heterocycles. The summed E-state index contributed by atoms with van der Waals surface area (Å²) in [5.41, 5.74) is 1.53. The molecule has 36 heavy (non-hydrogen) atoms. The van der Waals surface area contributed by atoms with Gasteiger partial charge in [-0.1, -0.05) is 19.8 Å². The molecule has 0 saturated carbocycles. The predicted molar refractivity (Wildman–Crippen MR) is 134 cm³/mol. The number of amides is 2. The summed E-state index contributed by atoms with van der Waals surface area (Å²) in [4.78, 5) is 50.7. The van der Waals surface area contributed by atoms with E-state index >= 15 is 0 Å². The van der Waals surface area contributed by atoms with Gasteiger partial charge in [-0.2, -0.15) is 0 Å². The van der Waals surface area contributed by atoms with E-state index in [1.807, 2.05) is 6.92 Å². The van der Waals surface area contributed by atoms with Crippen LogP contribution < -0.4 is 15.0 Å². The molecule has 0 unspecified atom stereocenters. The zero-order valence-corrected chi connectivity index (χ0v) is 20.7. The molecule has 0 aromatic heterocycles. The zero-order chi connectivity index (χ0) is 25.9. The summed E-state index contributed by atoms with van der Waals surface area (Å²) < 4.78 is 15.7. The minimum absolute atomic E-state index is 0.0133. The highest BCUT2D eigenvalue weighted by atomic mass is 16.5. The van der Waals surface area contributed by atoms with Crippen molar-refractivity contribution in [2.75, 3.05) is 36.6 Å². The molecule has 1 aliphatic heterocycles. The van der Waals surface area contributed by atoms with E-state index in [0.717, 1.165) is 19.3 Å². The first-order valence-corrected chi connectivity index (χ1v) is 12.2. The van der Waals surface area contributed by atoms with Crippen molar-refractivity contribution in [3.8, 4) is 5.75 Å². The van der Waals surface area contributed by atoms with Gasteiger partial charge in [-0.25, -0.2) is 4.79 Å². The fourth-order valence-corrected chi connectivity index (χ4v) is 3.75. The molecule has 9 heteroatoms. The smallest absolute Gasteiger partial charge is 0.338 e. The molecule has 1 heterocycles. The predicted octanol–water partition coefficient (Wildman–Crippen LogP) is 3.97. The van der Waals surface area contributed by atoms with Crippen LogP contribution in [0.2, 0.25) is 0 Å². The third-order valence-corrected chi connectivity index (χ3v) is 5.65. The number of anilines is 2. The first-order chi connectivity index (χ1) is 17.4. The van der Waals surface area contributed by atoms with Gasteiger partial charge in [0.1, 0.15) is 5.75 Å². The normalized spacial score (nSPS) is 14.9. The van der Waals surface area contributed by atoms with Crippen LogP contribution >= 0.6 is 0 Å². The Morgan fingerprint density at radius 2 is 1.69 bits per heavy atom. The molecular weight excluding hydrogens is 464 g/mol. The average molecular weight is 497 g/mol. The monoisotopic (exact) mass is 496 g/mol. The minimum Gasteiger partial charge on any atom is -0.494 e. The highest BCUT2D eigenvalue weighted by Gasteiger charge is 2.36. The van der Waals surface area contributed by atoms with Crippen molar-refractivity contribution < 1.29 is 33.4 Å². The summed E-state index contributed by atoms with van der Waals surface area (Å²) in [6.07, 6.45) is 2.85. The van der Waals surface area contributed by atoms with Crippen LogP contribution in [0.25, 0.3) is 0 Å². The Morgan fingerprint density at radius 3 is 2.36 bits per heavy atom. The second-order valence-corrected chi connectivity index (χ2v) is 8.41. The number of nitrogens with one attached hydrogen (secondary N) is 1. The van der Waals surface area contributed by atoms with Gasteiger partial charge in [0.05, 0.1) is 24.7 Å². The summed E-state index contributed by atoms with van der Waals surface area (Å²) in [7, 11) is 0. The van der Waals surface area contributed by atoms with Crippen molar-refractivity contribution in [2.24, 2.45) is 5.92 Å². The number of unbranched alkanes of at least 4 members (excludes halogenated alkanes) is 2. The van der Waals surface area contributed by atoms with Crippen LogP contribution in [-0.4, -0.2) is 50.1 Å². The third kappa shape index (κ3) is 7.56. The van der Waals surface area contributed by atoms with E-state index in [4.69, 9.17) is 14.2 Å². The highest BCUT2D eigenvalue weighted by molar-refractivity contribution is 6.00. The Labute approximate surface area is 210 Å².